The van der Waals surface area contributed by atoms with E-state index in [0.717, 1.165) is 0 Å². The summed E-state index contributed by atoms with van der Waals surface area (Å²) in [5.41, 5.74) is -1.24. The number of halogens is 2. The summed E-state index contributed by atoms with van der Waals surface area (Å²) in [4.78, 5) is 24.9. The van der Waals surface area contributed by atoms with Crippen molar-refractivity contribution in [2.75, 3.05) is 0 Å². The first kappa shape index (κ1) is 12.9. The van der Waals surface area contributed by atoms with Crippen molar-refractivity contribution in [2.45, 2.75) is 19.4 Å². The number of aliphatic carboxylic acids is 1. The van der Waals surface area contributed by atoms with Crippen molar-refractivity contribution in [3.63, 3.8) is 0 Å². The number of amides is 1. The molecule has 1 aromatic rings. The lowest BCUT2D eigenvalue weighted by atomic mass is 10.1. The third-order valence-corrected chi connectivity index (χ3v) is 2.62. The molecule has 0 aliphatic carbocycles. The Morgan fingerprint density at radius 3 is 2.38 bits per heavy atom. The van der Waals surface area contributed by atoms with E-state index in [1.54, 1.807) is 0 Å². The second kappa shape index (κ2) is 4.35. The fraction of sp³-hybridized carbons (Fsp3) is 0.333. The van der Waals surface area contributed by atoms with Gasteiger partial charge in [-0.05, 0) is 19.9 Å². The molecule has 1 heterocycles. The van der Waals surface area contributed by atoms with Gasteiger partial charge in [-0.15, -0.1) is 0 Å². The molecule has 0 aromatic carbocycles. The molecule has 0 aliphatic rings. The van der Waals surface area contributed by atoms with Crippen molar-refractivity contribution in [2.24, 2.45) is 0 Å². The Morgan fingerprint density at radius 1 is 1.44 bits per heavy atom. The van der Waals surface area contributed by atoms with Crippen LogP contribution in [-0.2, 0) is 4.79 Å². The summed E-state index contributed by atoms with van der Waals surface area (Å²) in [5.74, 6) is -1.72. The molecule has 0 saturated heterocycles. The molecular formula is C9H10Cl2N2O3. The minimum absolute atomic E-state index is 0.115. The molecule has 0 radical (unpaired) electrons. The Labute approximate surface area is 102 Å². The molecule has 1 rings (SSSR count). The summed E-state index contributed by atoms with van der Waals surface area (Å²) in [6.07, 6.45) is 0. The highest BCUT2D eigenvalue weighted by atomic mass is 35.5. The molecule has 0 spiro atoms. The number of H-pyrrole nitrogens is 1. The molecule has 0 atom stereocenters. The highest BCUT2D eigenvalue weighted by Gasteiger charge is 2.29. The van der Waals surface area contributed by atoms with Gasteiger partial charge in [0.2, 0.25) is 0 Å². The van der Waals surface area contributed by atoms with Gasteiger partial charge in [0.15, 0.2) is 0 Å². The summed E-state index contributed by atoms with van der Waals surface area (Å²) >= 11 is 11.3. The van der Waals surface area contributed by atoms with Crippen LogP contribution in [0.4, 0.5) is 0 Å². The van der Waals surface area contributed by atoms with Crippen LogP contribution < -0.4 is 5.32 Å². The SMILES string of the molecule is CC(C)(NC(=O)c1cc(Cl)c(Cl)[nH]1)C(=O)O. The lowest BCUT2D eigenvalue weighted by Gasteiger charge is -2.20. The van der Waals surface area contributed by atoms with E-state index in [1.165, 1.54) is 19.9 Å². The Balaban J connectivity index is 2.84. The van der Waals surface area contributed by atoms with Crippen LogP contribution in [0.15, 0.2) is 6.07 Å². The van der Waals surface area contributed by atoms with E-state index in [4.69, 9.17) is 28.3 Å². The zero-order valence-corrected chi connectivity index (χ0v) is 10.1. The third kappa shape index (κ3) is 2.68. The van der Waals surface area contributed by atoms with Crippen molar-refractivity contribution in [1.29, 1.82) is 0 Å². The maximum atomic E-state index is 11.6. The average Bonchev–Trinajstić information content (AvgIpc) is 2.46. The Hall–Kier alpha value is -1.20. The van der Waals surface area contributed by atoms with Crippen LogP contribution in [0.5, 0.6) is 0 Å². The van der Waals surface area contributed by atoms with E-state index in [0.29, 0.717) is 0 Å². The number of aromatic amines is 1. The molecule has 3 N–H and O–H groups in total. The van der Waals surface area contributed by atoms with Gasteiger partial charge >= 0.3 is 5.97 Å². The molecule has 0 unspecified atom stereocenters. The van der Waals surface area contributed by atoms with Crippen LogP contribution in [0, 0.1) is 0 Å². The van der Waals surface area contributed by atoms with Gasteiger partial charge in [-0.2, -0.15) is 0 Å². The predicted octanol–water partition coefficient (Wildman–Crippen LogP) is 1.91. The van der Waals surface area contributed by atoms with Crippen molar-refractivity contribution in [1.82, 2.24) is 10.3 Å². The van der Waals surface area contributed by atoms with Gasteiger partial charge in [0.05, 0.1) is 5.02 Å². The van der Waals surface area contributed by atoms with Crippen molar-refractivity contribution in [3.8, 4) is 0 Å². The number of hydrogen-bond acceptors (Lipinski definition) is 2. The van der Waals surface area contributed by atoms with Crippen LogP contribution in [0.3, 0.4) is 0 Å². The van der Waals surface area contributed by atoms with Crippen LogP contribution in [0.1, 0.15) is 24.3 Å². The van der Waals surface area contributed by atoms with Crippen molar-refractivity contribution >= 4 is 35.1 Å². The summed E-state index contributed by atoms with van der Waals surface area (Å²) in [6.45, 7) is 2.75. The second-order valence-corrected chi connectivity index (χ2v) is 4.51. The first-order valence-electron chi connectivity index (χ1n) is 4.34. The molecule has 0 saturated carbocycles. The average molecular weight is 265 g/mol. The smallest absolute Gasteiger partial charge is 0.328 e. The Morgan fingerprint density at radius 2 is 2.00 bits per heavy atom. The quantitative estimate of drug-likeness (QED) is 0.780. The molecule has 0 aliphatic heterocycles. The first-order valence-corrected chi connectivity index (χ1v) is 5.09. The lowest BCUT2D eigenvalue weighted by Crippen LogP contribution is -2.49. The molecule has 7 heteroatoms. The molecule has 5 nitrogen and oxygen atoms in total. The number of carboxylic acid groups (broad SMARTS) is 1. The molecule has 0 fully saturated rings. The topological polar surface area (TPSA) is 82.2 Å². The van der Waals surface area contributed by atoms with E-state index in [2.05, 4.69) is 10.3 Å². The van der Waals surface area contributed by atoms with E-state index in [-0.39, 0.29) is 15.9 Å². The minimum Gasteiger partial charge on any atom is -0.480 e. The van der Waals surface area contributed by atoms with Crippen LogP contribution in [-0.4, -0.2) is 27.5 Å². The highest BCUT2D eigenvalue weighted by Crippen LogP contribution is 2.22. The minimum atomic E-state index is -1.36. The van der Waals surface area contributed by atoms with Gasteiger partial charge < -0.3 is 15.4 Å². The summed E-state index contributed by atoms with van der Waals surface area (Å²) in [6, 6.07) is 1.33. The third-order valence-electron chi connectivity index (χ3n) is 1.93. The van der Waals surface area contributed by atoms with Crippen molar-refractivity contribution in [3.05, 3.63) is 21.9 Å². The normalized spacial score (nSPS) is 11.2. The van der Waals surface area contributed by atoms with Crippen molar-refractivity contribution < 1.29 is 14.7 Å². The lowest BCUT2D eigenvalue weighted by molar-refractivity contribution is -0.143. The molecule has 88 valence electrons. The predicted molar refractivity (Wildman–Crippen MR) is 60.0 cm³/mol. The monoisotopic (exact) mass is 264 g/mol. The fourth-order valence-electron chi connectivity index (χ4n) is 0.931. The van der Waals surface area contributed by atoms with E-state index in [9.17, 15) is 9.59 Å². The maximum Gasteiger partial charge on any atom is 0.328 e. The van der Waals surface area contributed by atoms with Gasteiger partial charge in [0.25, 0.3) is 5.91 Å². The van der Waals surface area contributed by atoms with Crippen LogP contribution in [0.25, 0.3) is 0 Å². The highest BCUT2D eigenvalue weighted by molar-refractivity contribution is 6.41. The van der Waals surface area contributed by atoms with Crippen LogP contribution in [0.2, 0.25) is 10.2 Å². The Bertz CT molecular complexity index is 420. The van der Waals surface area contributed by atoms with E-state index >= 15 is 0 Å². The summed E-state index contributed by atoms with van der Waals surface area (Å²) in [5, 5.41) is 11.5. The first-order chi connectivity index (χ1) is 7.24. The zero-order valence-electron chi connectivity index (χ0n) is 8.60. The largest absolute Gasteiger partial charge is 0.480 e. The number of carboxylic acids is 1. The van der Waals surface area contributed by atoms with Gasteiger partial charge in [0.1, 0.15) is 16.4 Å². The number of aromatic nitrogens is 1. The fourth-order valence-corrected chi connectivity index (χ4v) is 1.24. The zero-order chi connectivity index (χ0) is 12.5. The standard InChI is InChI=1S/C9H10Cl2N2O3/c1-9(2,8(15)16)13-7(14)5-3-4(10)6(11)12-5/h3,12H,1-2H3,(H,13,14)(H,15,16). The molecule has 16 heavy (non-hydrogen) atoms. The molecular weight excluding hydrogens is 255 g/mol. The van der Waals surface area contributed by atoms with Gasteiger partial charge in [-0.3, -0.25) is 4.79 Å². The van der Waals surface area contributed by atoms with E-state index < -0.39 is 17.4 Å². The Kier molecular flexibility index (Phi) is 3.50. The summed E-state index contributed by atoms with van der Waals surface area (Å²) in [7, 11) is 0. The number of hydrogen-bond donors (Lipinski definition) is 3. The maximum absolute atomic E-state index is 11.6. The molecule has 1 amide bonds. The second-order valence-electron chi connectivity index (χ2n) is 3.73. The van der Waals surface area contributed by atoms with Gasteiger partial charge in [-0.25, -0.2) is 4.79 Å². The number of carbonyl (C=O) groups is 2. The molecule has 1 aromatic heterocycles. The number of rotatable bonds is 3. The van der Waals surface area contributed by atoms with Gasteiger partial charge in [-0.1, -0.05) is 23.2 Å². The molecule has 0 bridgehead atoms. The van der Waals surface area contributed by atoms with E-state index in [1.807, 2.05) is 0 Å². The number of nitrogens with one attached hydrogen (secondary N) is 2. The summed E-state index contributed by atoms with van der Waals surface area (Å²) < 4.78 is 0. The van der Waals surface area contributed by atoms with Crippen LogP contribution >= 0.6 is 23.2 Å². The van der Waals surface area contributed by atoms with Gasteiger partial charge in [0, 0.05) is 0 Å². The number of carbonyl (C=O) groups excluding carboxylic acids is 1.